The van der Waals surface area contributed by atoms with Crippen molar-refractivity contribution >= 4 is 0 Å². The number of H-pyrrole nitrogens is 2. The molecular weight excluding hydrogens is 396 g/mol. The lowest BCUT2D eigenvalue weighted by Gasteiger charge is -2.29. The van der Waals surface area contributed by atoms with E-state index in [1.54, 1.807) is 0 Å². The molecule has 2 N–H and O–H groups in total. The van der Waals surface area contributed by atoms with Crippen molar-refractivity contribution in [1.29, 1.82) is 0 Å². The van der Waals surface area contributed by atoms with Gasteiger partial charge in [0.1, 0.15) is 0 Å². The van der Waals surface area contributed by atoms with Gasteiger partial charge in [0.25, 0.3) is 0 Å². The zero-order chi connectivity index (χ0) is 25.1. The minimum atomic E-state index is 0.640. The van der Waals surface area contributed by atoms with Gasteiger partial charge in [0.15, 0.2) is 0 Å². The molecular formula is C26H50N6. The fourth-order valence-electron chi connectivity index (χ4n) is 3.35. The molecule has 0 fully saturated rings. The molecule has 2 aliphatic heterocycles. The summed E-state index contributed by atoms with van der Waals surface area (Å²) >= 11 is 0. The van der Waals surface area contributed by atoms with Crippen molar-refractivity contribution in [1.82, 2.24) is 30.2 Å². The summed E-state index contributed by atoms with van der Waals surface area (Å²) in [6.07, 6.45) is 6.19. The minimum Gasteiger partial charge on any atom is -0.295 e. The number of aromatic nitrogens is 4. The highest BCUT2D eigenvalue weighted by Crippen LogP contribution is 2.18. The van der Waals surface area contributed by atoms with E-state index < -0.39 is 0 Å². The van der Waals surface area contributed by atoms with E-state index in [2.05, 4.69) is 84.2 Å². The fourth-order valence-corrected chi connectivity index (χ4v) is 3.35. The van der Waals surface area contributed by atoms with Crippen LogP contribution in [0.3, 0.4) is 0 Å². The monoisotopic (exact) mass is 446 g/mol. The number of nitrogens with one attached hydrogen (secondary N) is 2. The van der Waals surface area contributed by atoms with Crippen LogP contribution >= 0.6 is 0 Å². The van der Waals surface area contributed by atoms with Crippen molar-refractivity contribution in [2.24, 2.45) is 0 Å². The Morgan fingerprint density at radius 1 is 0.688 bits per heavy atom. The van der Waals surface area contributed by atoms with Crippen molar-refractivity contribution in [2.75, 3.05) is 13.1 Å². The van der Waals surface area contributed by atoms with Crippen LogP contribution in [0.4, 0.5) is 0 Å². The first-order valence-corrected chi connectivity index (χ1v) is 12.0. The molecule has 0 radical (unpaired) electrons. The molecule has 0 spiro atoms. The Morgan fingerprint density at radius 2 is 1.00 bits per heavy atom. The third-order valence-corrected chi connectivity index (χ3v) is 5.13. The molecule has 4 rings (SSSR count). The van der Waals surface area contributed by atoms with Gasteiger partial charge in [-0.1, -0.05) is 27.7 Å². The maximum atomic E-state index is 4.05. The van der Waals surface area contributed by atoms with Gasteiger partial charge >= 0.3 is 0 Å². The summed E-state index contributed by atoms with van der Waals surface area (Å²) < 4.78 is 0. The van der Waals surface area contributed by atoms with Gasteiger partial charge in [0.2, 0.25) is 0 Å². The van der Waals surface area contributed by atoms with E-state index in [0.717, 1.165) is 25.9 Å². The molecule has 0 amide bonds. The normalized spacial score (nSPS) is 14.3. The molecule has 0 bridgehead atoms. The highest BCUT2D eigenvalue weighted by molar-refractivity contribution is 5.19. The molecule has 4 heterocycles. The average molecular weight is 447 g/mol. The van der Waals surface area contributed by atoms with Gasteiger partial charge in [0.05, 0.1) is 23.8 Å². The Bertz CT molecular complexity index is 615. The van der Waals surface area contributed by atoms with Gasteiger partial charge in [-0.2, -0.15) is 10.2 Å². The Morgan fingerprint density at radius 3 is 1.28 bits per heavy atom. The Balaban J connectivity index is 0. The van der Waals surface area contributed by atoms with E-state index in [-0.39, 0.29) is 0 Å². The lowest BCUT2D eigenvalue weighted by Crippen LogP contribution is -2.35. The van der Waals surface area contributed by atoms with E-state index in [1.165, 1.54) is 35.6 Å². The van der Waals surface area contributed by atoms with Gasteiger partial charge in [-0.3, -0.25) is 20.0 Å². The van der Waals surface area contributed by atoms with E-state index in [4.69, 9.17) is 0 Å². The van der Waals surface area contributed by atoms with Crippen molar-refractivity contribution < 1.29 is 0 Å². The molecule has 6 heteroatoms. The maximum absolute atomic E-state index is 4.05. The summed E-state index contributed by atoms with van der Waals surface area (Å²) in [5.41, 5.74) is 5.39. The van der Waals surface area contributed by atoms with Crippen LogP contribution in [-0.2, 0) is 25.9 Å². The summed E-state index contributed by atoms with van der Waals surface area (Å²) in [5.74, 6) is 0. The fraction of sp³-hybridized carbons (Fsp3) is 0.615. The number of hydrogen-bond acceptors (Lipinski definition) is 4. The number of fused-ring (bicyclic) bond motifs is 2. The van der Waals surface area contributed by atoms with Crippen LogP contribution in [0.15, 0.2) is 38.7 Å². The molecule has 0 saturated carbocycles. The number of aromatic amines is 2. The quantitative estimate of drug-likeness (QED) is 0.555. The summed E-state index contributed by atoms with van der Waals surface area (Å²) in [4.78, 5) is 4.92. The van der Waals surface area contributed by atoms with Gasteiger partial charge in [-0.15, -0.1) is 26.3 Å². The van der Waals surface area contributed by atoms with Crippen LogP contribution in [-0.4, -0.2) is 55.4 Å². The first-order valence-electron chi connectivity index (χ1n) is 12.0. The molecule has 0 saturated heterocycles. The third kappa shape index (κ3) is 10.4. The first-order chi connectivity index (χ1) is 15.5. The molecule has 2 aromatic rings. The predicted octanol–water partition coefficient (Wildman–Crippen LogP) is 6.01. The molecule has 6 nitrogen and oxygen atoms in total. The smallest absolute Gasteiger partial charge is 0.0524 e. The van der Waals surface area contributed by atoms with E-state index in [1.807, 2.05) is 40.1 Å². The molecule has 2 aliphatic rings. The summed E-state index contributed by atoms with van der Waals surface area (Å²) in [7, 11) is 0. The summed E-state index contributed by atoms with van der Waals surface area (Å²) in [6.45, 7) is 33.4. The van der Waals surface area contributed by atoms with Crippen LogP contribution in [0.1, 0.15) is 77.9 Å². The second kappa shape index (κ2) is 19.5. The van der Waals surface area contributed by atoms with Crippen LogP contribution < -0.4 is 0 Å². The highest BCUT2D eigenvalue weighted by Gasteiger charge is 2.19. The van der Waals surface area contributed by atoms with Crippen LogP contribution in [0, 0.1) is 0 Å². The van der Waals surface area contributed by atoms with E-state index in [9.17, 15) is 0 Å². The van der Waals surface area contributed by atoms with Crippen molar-refractivity contribution in [3.8, 4) is 0 Å². The van der Waals surface area contributed by atoms with Gasteiger partial charge in [0, 0.05) is 38.3 Å². The highest BCUT2D eigenvalue weighted by atomic mass is 15.2. The molecule has 0 atom stereocenters. The Hall–Kier alpha value is -2.18. The SMILES string of the molecule is C=C.C=C.CC.CC.CC(C)N1CCc2cn[nH]c2C1.CC(C)N1CCc2cn[nH]c2C1. The van der Waals surface area contributed by atoms with Crippen LogP contribution in [0.2, 0.25) is 0 Å². The molecule has 0 aliphatic carbocycles. The van der Waals surface area contributed by atoms with Crippen molar-refractivity contribution in [3.63, 3.8) is 0 Å². The molecule has 32 heavy (non-hydrogen) atoms. The van der Waals surface area contributed by atoms with Crippen LogP contribution in [0.25, 0.3) is 0 Å². The van der Waals surface area contributed by atoms with Crippen LogP contribution in [0.5, 0.6) is 0 Å². The Labute approximate surface area is 198 Å². The standard InChI is InChI=1S/2C9H15N3.2C2H6.2C2H4/c2*1-7(2)12-4-3-8-5-10-11-9(8)6-12;4*1-2/h2*5,7H,3-4,6H2,1-2H3,(H,10,11);2*1-2H3;2*1-2H2. The second-order valence-electron chi connectivity index (χ2n) is 7.38. The topological polar surface area (TPSA) is 63.8 Å². The Kier molecular flexibility index (Phi) is 19.5. The van der Waals surface area contributed by atoms with Gasteiger partial charge in [-0.05, 0) is 51.7 Å². The average Bonchev–Trinajstić information content (AvgIpc) is 3.53. The van der Waals surface area contributed by atoms with Crippen molar-refractivity contribution in [3.05, 3.63) is 61.2 Å². The largest absolute Gasteiger partial charge is 0.295 e. The number of nitrogens with zero attached hydrogens (tertiary/aromatic N) is 4. The molecule has 2 aromatic heterocycles. The third-order valence-electron chi connectivity index (χ3n) is 5.13. The number of hydrogen-bond donors (Lipinski definition) is 2. The second-order valence-corrected chi connectivity index (χ2v) is 7.38. The zero-order valence-corrected chi connectivity index (χ0v) is 22.2. The van der Waals surface area contributed by atoms with E-state index in [0.29, 0.717) is 12.1 Å². The zero-order valence-electron chi connectivity index (χ0n) is 22.2. The van der Waals surface area contributed by atoms with Crippen molar-refractivity contribution in [2.45, 2.75) is 93.4 Å². The summed E-state index contributed by atoms with van der Waals surface area (Å²) in [6, 6.07) is 1.28. The molecule has 0 aromatic carbocycles. The lowest BCUT2D eigenvalue weighted by atomic mass is 10.1. The first kappa shape index (κ1) is 32.0. The summed E-state index contributed by atoms with van der Waals surface area (Å²) in [5, 5.41) is 14.2. The van der Waals surface area contributed by atoms with E-state index >= 15 is 0 Å². The maximum Gasteiger partial charge on any atom is 0.0524 e. The molecule has 0 unspecified atom stereocenters. The molecule has 184 valence electrons. The predicted molar refractivity (Wildman–Crippen MR) is 141 cm³/mol. The van der Waals surface area contributed by atoms with Gasteiger partial charge in [-0.25, -0.2) is 0 Å². The lowest BCUT2D eigenvalue weighted by molar-refractivity contribution is 0.201. The van der Waals surface area contributed by atoms with Gasteiger partial charge < -0.3 is 0 Å². The minimum absolute atomic E-state index is 0.640. The number of rotatable bonds is 2.